The minimum atomic E-state index is -3.68. The molecule has 7 heteroatoms. The second kappa shape index (κ2) is 5.84. The zero-order valence-corrected chi connectivity index (χ0v) is 12.3. The van der Waals surface area contributed by atoms with E-state index in [0.29, 0.717) is 25.8 Å². The molecule has 0 unspecified atom stereocenters. The fourth-order valence-electron chi connectivity index (χ4n) is 2.26. The van der Waals surface area contributed by atoms with Gasteiger partial charge in [-0.15, -0.1) is 0 Å². The maximum Gasteiger partial charge on any atom is 0.240 e. The molecule has 0 heterocycles. The van der Waals surface area contributed by atoms with Crippen molar-refractivity contribution in [2.24, 2.45) is 10.6 Å². The smallest absolute Gasteiger partial charge is 0.240 e. The highest BCUT2D eigenvalue weighted by Gasteiger charge is 2.44. The summed E-state index contributed by atoms with van der Waals surface area (Å²) in [6.07, 6.45) is 2.73. The highest BCUT2D eigenvalue weighted by atomic mass is 32.2. The van der Waals surface area contributed by atoms with Gasteiger partial charge in [-0.05, 0) is 43.4 Å². The highest BCUT2D eigenvalue weighted by molar-refractivity contribution is 7.89. The Morgan fingerprint density at radius 2 is 1.95 bits per heavy atom. The number of nitrogens with two attached hydrogens (primary N) is 1. The van der Waals surface area contributed by atoms with Gasteiger partial charge in [0.15, 0.2) is 0 Å². The van der Waals surface area contributed by atoms with Gasteiger partial charge in [-0.3, -0.25) is 4.79 Å². The molecule has 1 saturated carbocycles. The first-order valence-corrected chi connectivity index (χ1v) is 8.23. The SMILES string of the molecule is N#CC1(C(=O)NCCc2ccc(S(N)(=O)=O)cc2)CCC1. The van der Waals surface area contributed by atoms with Crippen molar-refractivity contribution in [3.63, 3.8) is 0 Å². The number of benzene rings is 1. The predicted octanol–water partition coefficient (Wildman–Crippen LogP) is 0.687. The average molecular weight is 307 g/mol. The number of amides is 1. The fourth-order valence-corrected chi connectivity index (χ4v) is 2.77. The van der Waals surface area contributed by atoms with Crippen LogP contribution in [-0.2, 0) is 21.2 Å². The normalized spacial score (nSPS) is 16.6. The quantitative estimate of drug-likeness (QED) is 0.833. The molecule has 0 aromatic heterocycles. The van der Waals surface area contributed by atoms with Crippen molar-refractivity contribution in [2.45, 2.75) is 30.6 Å². The molecule has 0 atom stereocenters. The number of hydrogen-bond acceptors (Lipinski definition) is 4. The maximum atomic E-state index is 11.9. The van der Waals surface area contributed by atoms with Crippen LogP contribution in [0.4, 0.5) is 0 Å². The third-order valence-corrected chi connectivity index (χ3v) is 4.74. The Morgan fingerprint density at radius 3 is 2.38 bits per heavy atom. The van der Waals surface area contributed by atoms with E-state index in [1.54, 1.807) is 12.1 Å². The molecular formula is C14H17N3O3S. The summed E-state index contributed by atoms with van der Waals surface area (Å²) in [6, 6.07) is 8.30. The van der Waals surface area contributed by atoms with Gasteiger partial charge in [-0.1, -0.05) is 12.1 Å². The van der Waals surface area contributed by atoms with Gasteiger partial charge in [0.2, 0.25) is 15.9 Å². The van der Waals surface area contributed by atoms with Crippen molar-refractivity contribution in [3.05, 3.63) is 29.8 Å². The maximum absolute atomic E-state index is 11.9. The molecular weight excluding hydrogens is 290 g/mol. The largest absolute Gasteiger partial charge is 0.354 e. The molecule has 0 saturated heterocycles. The van der Waals surface area contributed by atoms with E-state index < -0.39 is 15.4 Å². The standard InChI is InChI=1S/C14H17N3O3S/c15-10-14(7-1-8-14)13(18)17-9-6-11-2-4-12(5-3-11)21(16,19)20/h2-5H,1,6-9H2,(H,17,18)(H2,16,19,20). The third kappa shape index (κ3) is 3.40. The van der Waals surface area contributed by atoms with Gasteiger partial charge in [0.05, 0.1) is 11.0 Å². The summed E-state index contributed by atoms with van der Waals surface area (Å²) >= 11 is 0. The monoisotopic (exact) mass is 307 g/mol. The Labute approximate surface area is 124 Å². The van der Waals surface area contributed by atoms with Gasteiger partial charge in [-0.2, -0.15) is 5.26 Å². The van der Waals surface area contributed by atoms with E-state index in [0.717, 1.165) is 12.0 Å². The summed E-state index contributed by atoms with van der Waals surface area (Å²) in [5.74, 6) is -0.211. The molecule has 1 amide bonds. The number of nitriles is 1. The van der Waals surface area contributed by atoms with Crippen LogP contribution in [0, 0.1) is 16.7 Å². The molecule has 0 spiro atoms. The van der Waals surface area contributed by atoms with Crippen LogP contribution >= 0.6 is 0 Å². The Hall–Kier alpha value is -1.91. The van der Waals surface area contributed by atoms with Crippen LogP contribution in [0.5, 0.6) is 0 Å². The first kappa shape index (κ1) is 15.5. The Bertz CT molecular complexity index is 670. The van der Waals surface area contributed by atoms with Crippen molar-refractivity contribution in [2.75, 3.05) is 6.54 Å². The minimum Gasteiger partial charge on any atom is -0.354 e. The molecule has 1 aliphatic rings. The topological polar surface area (TPSA) is 113 Å². The summed E-state index contributed by atoms with van der Waals surface area (Å²) in [5, 5.41) is 16.8. The zero-order valence-electron chi connectivity index (χ0n) is 11.5. The van der Waals surface area contributed by atoms with E-state index in [1.807, 2.05) is 0 Å². The molecule has 1 aromatic carbocycles. The van der Waals surface area contributed by atoms with E-state index >= 15 is 0 Å². The fraction of sp³-hybridized carbons (Fsp3) is 0.429. The lowest BCUT2D eigenvalue weighted by atomic mass is 9.69. The summed E-state index contributed by atoms with van der Waals surface area (Å²) in [4.78, 5) is 12.0. The van der Waals surface area contributed by atoms with Crippen LogP contribution in [0.2, 0.25) is 0 Å². The van der Waals surface area contributed by atoms with Crippen LogP contribution in [0.1, 0.15) is 24.8 Å². The van der Waals surface area contributed by atoms with E-state index in [9.17, 15) is 13.2 Å². The van der Waals surface area contributed by atoms with Gasteiger partial charge in [0, 0.05) is 6.54 Å². The first-order chi connectivity index (χ1) is 9.87. The van der Waals surface area contributed by atoms with Crippen LogP contribution < -0.4 is 10.5 Å². The van der Waals surface area contributed by atoms with Crippen molar-refractivity contribution in [3.8, 4) is 6.07 Å². The van der Waals surface area contributed by atoms with Crippen molar-refractivity contribution in [1.29, 1.82) is 5.26 Å². The number of hydrogen-bond donors (Lipinski definition) is 2. The second-order valence-corrected chi connectivity index (χ2v) is 6.80. The van der Waals surface area contributed by atoms with Gasteiger partial charge in [-0.25, -0.2) is 13.6 Å². The average Bonchev–Trinajstić information content (AvgIpc) is 2.37. The lowest BCUT2D eigenvalue weighted by molar-refractivity contribution is -0.131. The molecule has 0 bridgehead atoms. The van der Waals surface area contributed by atoms with Crippen LogP contribution in [0.25, 0.3) is 0 Å². The lowest BCUT2D eigenvalue weighted by Gasteiger charge is -2.33. The Balaban J connectivity index is 1.87. The molecule has 2 rings (SSSR count). The number of nitrogens with zero attached hydrogens (tertiary/aromatic N) is 1. The number of rotatable bonds is 5. The predicted molar refractivity (Wildman–Crippen MR) is 76.4 cm³/mol. The molecule has 3 N–H and O–H groups in total. The number of carbonyl (C=O) groups is 1. The summed E-state index contributed by atoms with van der Waals surface area (Å²) < 4.78 is 22.2. The van der Waals surface area contributed by atoms with Crippen molar-refractivity contribution < 1.29 is 13.2 Å². The van der Waals surface area contributed by atoms with Gasteiger partial charge in [0.25, 0.3) is 0 Å². The van der Waals surface area contributed by atoms with Crippen LogP contribution in [0.3, 0.4) is 0 Å². The number of carbonyl (C=O) groups excluding carboxylic acids is 1. The lowest BCUT2D eigenvalue weighted by Crippen LogP contribution is -2.45. The van der Waals surface area contributed by atoms with Gasteiger partial charge in [0.1, 0.15) is 5.41 Å². The molecule has 0 aliphatic heterocycles. The molecule has 1 fully saturated rings. The Kier molecular flexibility index (Phi) is 4.30. The minimum absolute atomic E-state index is 0.0631. The van der Waals surface area contributed by atoms with Gasteiger partial charge < -0.3 is 5.32 Å². The second-order valence-electron chi connectivity index (χ2n) is 5.24. The number of nitrogens with one attached hydrogen (secondary N) is 1. The molecule has 21 heavy (non-hydrogen) atoms. The number of sulfonamides is 1. The van der Waals surface area contributed by atoms with E-state index in [4.69, 9.17) is 10.4 Å². The molecule has 1 aromatic rings. The summed E-state index contributed by atoms with van der Waals surface area (Å²) in [6.45, 7) is 0.414. The first-order valence-electron chi connectivity index (χ1n) is 6.69. The Morgan fingerprint density at radius 1 is 1.33 bits per heavy atom. The summed E-state index contributed by atoms with van der Waals surface area (Å²) in [5.41, 5.74) is 0.0552. The molecule has 1 aliphatic carbocycles. The molecule has 0 radical (unpaired) electrons. The van der Waals surface area contributed by atoms with Crippen molar-refractivity contribution >= 4 is 15.9 Å². The summed E-state index contributed by atoms with van der Waals surface area (Å²) in [7, 11) is -3.68. The van der Waals surface area contributed by atoms with E-state index in [2.05, 4.69) is 11.4 Å². The number of primary sulfonamides is 1. The highest BCUT2D eigenvalue weighted by Crippen LogP contribution is 2.40. The third-order valence-electron chi connectivity index (χ3n) is 3.81. The van der Waals surface area contributed by atoms with E-state index in [1.165, 1.54) is 12.1 Å². The molecule has 6 nitrogen and oxygen atoms in total. The zero-order chi connectivity index (χ0) is 15.5. The van der Waals surface area contributed by atoms with Gasteiger partial charge >= 0.3 is 0 Å². The van der Waals surface area contributed by atoms with Crippen molar-refractivity contribution in [1.82, 2.24) is 5.32 Å². The van der Waals surface area contributed by atoms with Crippen LogP contribution in [0.15, 0.2) is 29.2 Å². The van der Waals surface area contributed by atoms with E-state index in [-0.39, 0.29) is 10.8 Å². The van der Waals surface area contributed by atoms with Crippen LogP contribution in [-0.4, -0.2) is 20.9 Å². The molecule has 112 valence electrons.